The lowest BCUT2D eigenvalue weighted by Crippen LogP contribution is -2.41. The summed E-state index contributed by atoms with van der Waals surface area (Å²) in [6.45, 7) is 5.05. The van der Waals surface area contributed by atoms with Crippen molar-refractivity contribution in [2.75, 3.05) is 0 Å². The molecule has 0 aromatic carbocycles. The van der Waals surface area contributed by atoms with Crippen LogP contribution in [0.1, 0.15) is 48.3 Å². The molecule has 1 aromatic rings. The van der Waals surface area contributed by atoms with Gasteiger partial charge in [-0.2, -0.15) is 0 Å². The van der Waals surface area contributed by atoms with Gasteiger partial charge in [0.15, 0.2) is 17.3 Å². The Bertz CT molecular complexity index is 489. The maximum Gasteiger partial charge on any atom is 0.326 e. The molecule has 1 aromatic heterocycles. The van der Waals surface area contributed by atoms with Gasteiger partial charge in [0.05, 0.1) is 0 Å². The number of furan rings is 1. The van der Waals surface area contributed by atoms with Crippen LogP contribution in [0.4, 0.5) is 0 Å². The Kier molecular flexibility index (Phi) is 4.86. The van der Waals surface area contributed by atoms with Gasteiger partial charge in [-0.3, -0.25) is 9.59 Å². The van der Waals surface area contributed by atoms with Crippen molar-refractivity contribution in [1.29, 1.82) is 0 Å². The van der Waals surface area contributed by atoms with E-state index < -0.39 is 17.9 Å². The van der Waals surface area contributed by atoms with Gasteiger partial charge < -0.3 is 14.8 Å². The second kappa shape index (κ2) is 6.17. The third-order valence-corrected chi connectivity index (χ3v) is 2.49. The first-order valence-corrected chi connectivity index (χ1v) is 5.95. The molecule has 0 fully saturated rings. The number of carboxylic acid groups (broad SMARTS) is 1. The molecule has 19 heavy (non-hydrogen) atoms. The lowest BCUT2D eigenvalue weighted by atomic mass is 10.0. The zero-order valence-electron chi connectivity index (χ0n) is 11.1. The van der Waals surface area contributed by atoms with Crippen LogP contribution >= 0.6 is 0 Å². The first-order valence-electron chi connectivity index (χ1n) is 5.95. The Hall–Kier alpha value is -2.11. The molecule has 0 aliphatic rings. The summed E-state index contributed by atoms with van der Waals surface area (Å²) in [4.78, 5) is 33.9. The van der Waals surface area contributed by atoms with Crippen LogP contribution in [0.15, 0.2) is 16.5 Å². The van der Waals surface area contributed by atoms with E-state index in [1.165, 1.54) is 19.1 Å². The van der Waals surface area contributed by atoms with E-state index >= 15 is 0 Å². The third kappa shape index (κ3) is 4.24. The van der Waals surface area contributed by atoms with Crippen molar-refractivity contribution in [3.8, 4) is 0 Å². The third-order valence-electron chi connectivity index (χ3n) is 2.49. The molecule has 0 radical (unpaired) electrons. The Labute approximate surface area is 110 Å². The van der Waals surface area contributed by atoms with Gasteiger partial charge in [0.1, 0.15) is 6.04 Å². The summed E-state index contributed by atoms with van der Waals surface area (Å²) in [5.41, 5.74) is 0. The van der Waals surface area contributed by atoms with Crippen LogP contribution in [0.5, 0.6) is 0 Å². The monoisotopic (exact) mass is 267 g/mol. The first-order chi connectivity index (χ1) is 8.81. The molecule has 0 aliphatic carbocycles. The number of carboxylic acids is 1. The average Bonchev–Trinajstić information content (AvgIpc) is 2.76. The molecule has 0 saturated carbocycles. The maximum absolute atomic E-state index is 11.8. The van der Waals surface area contributed by atoms with E-state index in [1.807, 2.05) is 13.8 Å². The van der Waals surface area contributed by atoms with E-state index in [9.17, 15) is 14.4 Å². The van der Waals surface area contributed by atoms with Crippen molar-refractivity contribution in [1.82, 2.24) is 5.32 Å². The van der Waals surface area contributed by atoms with Crippen molar-refractivity contribution in [2.24, 2.45) is 5.92 Å². The van der Waals surface area contributed by atoms with Crippen molar-refractivity contribution in [3.63, 3.8) is 0 Å². The molecule has 1 heterocycles. The molecule has 104 valence electrons. The normalized spacial score (nSPS) is 12.2. The number of aliphatic carboxylic acids is 1. The summed E-state index contributed by atoms with van der Waals surface area (Å²) in [6, 6.07) is 1.76. The molecule has 6 nitrogen and oxygen atoms in total. The van der Waals surface area contributed by atoms with Crippen LogP contribution in [-0.2, 0) is 4.79 Å². The summed E-state index contributed by atoms with van der Waals surface area (Å²) < 4.78 is 5.04. The molecule has 0 aliphatic heterocycles. The highest BCUT2D eigenvalue weighted by molar-refractivity contribution is 5.96. The fourth-order valence-corrected chi connectivity index (χ4v) is 1.57. The fourth-order valence-electron chi connectivity index (χ4n) is 1.57. The van der Waals surface area contributed by atoms with E-state index in [2.05, 4.69) is 5.32 Å². The van der Waals surface area contributed by atoms with Crippen molar-refractivity contribution >= 4 is 17.7 Å². The summed E-state index contributed by atoms with van der Waals surface area (Å²) in [6.07, 6.45) is 0.321. The van der Waals surface area contributed by atoms with E-state index in [4.69, 9.17) is 9.52 Å². The Morgan fingerprint density at radius 3 is 2.26 bits per heavy atom. The molecule has 1 amide bonds. The summed E-state index contributed by atoms with van der Waals surface area (Å²) in [5.74, 6) is -1.90. The summed E-state index contributed by atoms with van der Waals surface area (Å²) in [5, 5.41) is 11.4. The van der Waals surface area contributed by atoms with Crippen molar-refractivity contribution in [2.45, 2.75) is 33.2 Å². The minimum absolute atomic E-state index is 0.0693. The number of ketones is 1. The van der Waals surface area contributed by atoms with Crippen LogP contribution in [0.2, 0.25) is 0 Å². The molecule has 0 unspecified atom stereocenters. The lowest BCUT2D eigenvalue weighted by molar-refractivity contribution is -0.139. The van der Waals surface area contributed by atoms with Gasteiger partial charge in [-0.15, -0.1) is 0 Å². The number of amides is 1. The van der Waals surface area contributed by atoms with Crippen LogP contribution in [0, 0.1) is 5.92 Å². The number of Topliss-reactive ketones (excluding diaryl/α,β-unsaturated/α-hetero) is 1. The van der Waals surface area contributed by atoms with Gasteiger partial charge >= 0.3 is 5.97 Å². The van der Waals surface area contributed by atoms with E-state index in [-0.39, 0.29) is 23.2 Å². The largest absolute Gasteiger partial charge is 0.480 e. The molecule has 6 heteroatoms. The Morgan fingerprint density at radius 1 is 1.26 bits per heavy atom. The molecule has 0 spiro atoms. The maximum atomic E-state index is 11.8. The highest BCUT2D eigenvalue weighted by atomic mass is 16.4. The molecule has 2 N–H and O–H groups in total. The van der Waals surface area contributed by atoms with Gasteiger partial charge in [-0.05, 0) is 24.5 Å². The van der Waals surface area contributed by atoms with Crippen LogP contribution < -0.4 is 5.32 Å². The highest BCUT2D eigenvalue weighted by Gasteiger charge is 2.23. The van der Waals surface area contributed by atoms with Crippen molar-refractivity contribution < 1.29 is 23.9 Å². The van der Waals surface area contributed by atoms with E-state index in [1.54, 1.807) is 0 Å². The molecule has 1 atom stereocenters. The molecule has 0 saturated heterocycles. The second-order valence-electron chi connectivity index (χ2n) is 4.71. The topological polar surface area (TPSA) is 96.6 Å². The predicted molar refractivity (Wildman–Crippen MR) is 67.1 cm³/mol. The number of rotatable bonds is 6. The summed E-state index contributed by atoms with van der Waals surface area (Å²) in [7, 11) is 0. The number of hydrogen-bond donors (Lipinski definition) is 2. The number of hydrogen-bond acceptors (Lipinski definition) is 4. The fraction of sp³-hybridized carbons (Fsp3) is 0.462. The zero-order chi connectivity index (χ0) is 14.6. The molecule has 1 rings (SSSR count). The standard InChI is InChI=1S/C13H17NO5/c1-7(2)6-9(13(17)18)14-12(16)11-5-4-10(19-11)8(3)15/h4-5,7,9H,6H2,1-3H3,(H,14,16)(H,17,18)/t9-/m1/s1. The van der Waals surface area contributed by atoms with Crippen LogP contribution in [0.25, 0.3) is 0 Å². The van der Waals surface area contributed by atoms with Gasteiger partial charge in [-0.1, -0.05) is 13.8 Å². The summed E-state index contributed by atoms with van der Waals surface area (Å²) >= 11 is 0. The van der Waals surface area contributed by atoms with Crippen LogP contribution in [-0.4, -0.2) is 28.8 Å². The number of nitrogens with one attached hydrogen (secondary N) is 1. The van der Waals surface area contributed by atoms with E-state index in [0.29, 0.717) is 6.42 Å². The number of carbonyl (C=O) groups is 3. The minimum atomic E-state index is -1.10. The quantitative estimate of drug-likeness (QED) is 0.765. The molecule has 0 bridgehead atoms. The van der Waals surface area contributed by atoms with E-state index in [0.717, 1.165) is 0 Å². The predicted octanol–water partition coefficient (Wildman–Crippen LogP) is 1.71. The Balaban J connectivity index is 2.75. The second-order valence-corrected chi connectivity index (χ2v) is 4.71. The van der Waals surface area contributed by atoms with Gasteiger partial charge in [0, 0.05) is 6.92 Å². The minimum Gasteiger partial charge on any atom is -0.480 e. The Morgan fingerprint density at radius 2 is 1.84 bits per heavy atom. The molecular formula is C13H17NO5. The molecular weight excluding hydrogens is 250 g/mol. The number of carbonyl (C=O) groups excluding carboxylic acids is 2. The first kappa shape index (κ1) is 14.9. The smallest absolute Gasteiger partial charge is 0.326 e. The SMILES string of the molecule is CC(=O)c1ccc(C(=O)N[C@H](CC(C)C)C(=O)O)o1. The van der Waals surface area contributed by atoms with Gasteiger partial charge in [-0.25, -0.2) is 4.79 Å². The van der Waals surface area contributed by atoms with Crippen LogP contribution in [0.3, 0.4) is 0 Å². The average molecular weight is 267 g/mol. The lowest BCUT2D eigenvalue weighted by Gasteiger charge is -2.15. The van der Waals surface area contributed by atoms with Gasteiger partial charge in [0.25, 0.3) is 5.91 Å². The van der Waals surface area contributed by atoms with Crippen molar-refractivity contribution in [3.05, 3.63) is 23.7 Å². The van der Waals surface area contributed by atoms with Gasteiger partial charge in [0.2, 0.25) is 0 Å². The zero-order valence-corrected chi connectivity index (χ0v) is 11.1. The highest BCUT2D eigenvalue weighted by Crippen LogP contribution is 2.10.